The summed E-state index contributed by atoms with van der Waals surface area (Å²) in [6.45, 7) is 0.965. The summed E-state index contributed by atoms with van der Waals surface area (Å²) in [5.74, 6) is -0.258. The summed E-state index contributed by atoms with van der Waals surface area (Å²) in [5, 5.41) is 8.67. The number of hydrogen-bond donors (Lipinski definition) is 2. The van der Waals surface area contributed by atoms with Gasteiger partial charge in [-0.15, -0.1) is 0 Å². The van der Waals surface area contributed by atoms with Crippen LogP contribution in [-0.2, 0) is 4.79 Å². The Balaban J connectivity index is 2.03. The molecule has 2 rings (SSSR count). The lowest BCUT2D eigenvalue weighted by molar-refractivity contribution is -0.134. The number of hydrogen-bond acceptors (Lipinski definition) is 3. The van der Waals surface area contributed by atoms with Crippen LogP contribution in [0.25, 0.3) is 0 Å². The molecule has 15 heavy (non-hydrogen) atoms. The maximum absolute atomic E-state index is 11.4. The minimum Gasteiger partial charge on any atom is -0.289 e. The molecule has 0 saturated carbocycles. The van der Waals surface area contributed by atoms with Crippen molar-refractivity contribution >= 4 is 5.91 Å². The third-order valence-corrected chi connectivity index (χ3v) is 3.36. The Bertz CT molecular complexity index is 265. The van der Waals surface area contributed by atoms with Gasteiger partial charge in [0.2, 0.25) is 0 Å². The number of likely N-dealkylation sites (tertiary alicyclic amines) is 1. The summed E-state index contributed by atoms with van der Waals surface area (Å²) < 4.78 is 0. The van der Waals surface area contributed by atoms with E-state index in [-0.39, 0.29) is 11.9 Å². The van der Waals surface area contributed by atoms with E-state index in [4.69, 9.17) is 5.21 Å². The Labute approximate surface area is 89.9 Å². The summed E-state index contributed by atoms with van der Waals surface area (Å²) in [6, 6.07) is 0.256. The van der Waals surface area contributed by atoms with Gasteiger partial charge in [-0.25, -0.2) is 5.48 Å². The van der Waals surface area contributed by atoms with Gasteiger partial charge in [0.05, 0.1) is 6.04 Å². The predicted octanol–water partition coefficient (Wildman–Crippen LogP) is 1.06. The lowest BCUT2D eigenvalue weighted by Crippen LogP contribution is -2.46. The van der Waals surface area contributed by atoms with Crippen molar-refractivity contribution in [3.63, 3.8) is 0 Å². The van der Waals surface area contributed by atoms with E-state index in [0.29, 0.717) is 6.04 Å². The molecule has 1 heterocycles. The summed E-state index contributed by atoms with van der Waals surface area (Å²) in [6.07, 6.45) is 9.78. The maximum atomic E-state index is 11.4. The molecule has 84 valence electrons. The van der Waals surface area contributed by atoms with E-state index in [1.165, 1.54) is 6.42 Å². The number of rotatable bonds is 2. The quantitative estimate of drug-likeness (QED) is 0.407. The Morgan fingerprint density at radius 1 is 1.40 bits per heavy atom. The van der Waals surface area contributed by atoms with Crippen molar-refractivity contribution < 1.29 is 10.0 Å². The van der Waals surface area contributed by atoms with Crippen LogP contribution in [0.1, 0.15) is 32.1 Å². The van der Waals surface area contributed by atoms with Crippen LogP contribution in [0.4, 0.5) is 0 Å². The van der Waals surface area contributed by atoms with E-state index in [1.807, 2.05) is 0 Å². The topological polar surface area (TPSA) is 52.6 Å². The second-order valence-electron chi connectivity index (χ2n) is 4.30. The first-order valence-corrected chi connectivity index (χ1v) is 5.69. The van der Waals surface area contributed by atoms with Crippen LogP contribution < -0.4 is 5.48 Å². The van der Waals surface area contributed by atoms with Gasteiger partial charge in [0.15, 0.2) is 0 Å². The van der Waals surface area contributed by atoms with E-state index in [0.717, 1.165) is 32.2 Å². The third kappa shape index (κ3) is 2.21. The molecule has 1 aliphatic heterocycles. The summed E-state index contributed by atoms with van der Waals surface area (Å²) >= 11 is 0. The minimum absolute atomic E-state index is 0.136. The lowest BCUT2D eigenvalue weighted by atomic mass is 10.0. The van der Waals surface area contributed by atoms with Crippen LogP contribution in [0, 0.1) is 0 Å². The standard InChI is InChI=1S/C11H18N2O2/c14-11(12-15)10-7-4-8-13(10)9-5-2-1-3-6-9/h2,5,9-10,15H,1,3-4,6-8H2,(H,12,14)/t9-,10-/m0/s1. The van der Waals surface area contributed by atoms with E-state index in [9.17, 15) is 4.79 Å². The van der Waals surface area contributed by atoms with Gasteiger partial charge in [0.25, 0.3) is 5.91 Å². The highest BCUT2D eigenvalue weighted by molar-refractivity contribution is 5.80. The van der Waals surface area contributed by atoms with Crippen molar-refractivity contribution in [2.24, 2.45) is 0 Å². The normalized spacial score (nSPS) is 31.8. The highest BCUT2D eigenvalue weighted by Crippen LogP contribution is 2.25. The van der Waals surface area contributed by atoms with E-state index < -0.39 is 0 Å². The van der Waals surface area contributed by atoms with E-state index >= 15 is 0 Å². The molecule has 0 aromatic rings. The summed E-state index contributed by atoms with van der Waals surface area (Å²) in [7, 11) is 0. The number of carbonyl (C=O) groups is 1. The number of carbonyl (C=O) groups excluding carboxylic acids is 1. The molecule has 1 fully saturated rings. The molecule has 1 amide bonds. The zero-order chi connectivity index (χ0) is 10.7. The molecule has 0 bridgehead atoms. The Hall–Kier alpha value is -0.870. The van der Waals surface area contributed by atoms with E-state index in [2.05, 4.69) is 17.1 Å². The molecule has 0 aromatic heterocycles. The monoisotopic (exact) mass is 210 g/mol. The van der Waals surface area contributed by atoms with E-state index in [1.54, 1.807) is 5.48 Å². The van der Waals surface area contributed by atoms with Crippen molar-refractivity contribution in [2.75, 3.05) is 6.54 Å². The molecule has 0 spiro atoms. The first-order valence-electron chi connectivity index (χ1n) is 5.69. The van der Waals surface area contributed by atoms with Crippen molar-refractivity contribution in [2.45, 2.75) is 44.2 Å². The van der Waals surface area contributed by atoms with Crippen LogP contribution in [0.3, 0.4) is 0 Å². The minimum atomic E-state index is -0.258. The largest absolute Gasteiger partial charge is 0.289 e. The van der Waals surface area contributed by atoms with Gasteiger partial charge in [0.1, 0.15) is 0 Å². The molecule has 2 aliphatic rings. The SMILES string of the molecule is O=C(NO)[C@@H]1CCCN1[C@H]1C=CCCC1. The first kappa shape index (κ1) is 10.6. The Kier molecular flexibility index (Phi) is 3.38. The zero-order valence-electron chi connectivity index (χ0n) is 8.85. The van der Waals surface area contributed by atoms with Gasteiger partial charge < -0.3 is 0 Å². The van der Waals surface area contributed by atoms with Gasteiger partial charge in [-0.3, -0.25) is 14.9 Å². The van der Waals surface area contributed by atoms with Crippen LogP contribution in [-0.4, -0.2) is 34.6 Å². The van der Waals surface area contributed by atoms with Crippen LogP contribution >= 0.6 is 0 Å². The van der Waals surface area contributed by atoms with Crippen LogP contribution in [0.15, 0.2) is 12.2 Å². The van der Waals surface area contributed by atoms with Crippen molar-refractivity contribution in [1.82, 2.24) is 10.4 Å². The molecule has 4 nitrogen and oxygen atoms in total. The number of nitrogens with one attached hydrogen (secondary N) is 1. The van der Waals surface area contributed by atoms with Crippen molar-refractivity contribution in [1.29, 1.82) is 0 Å². The first-order chi connectivity index (χ1) is 7.33. The third-order valence-electron chi connectivity index (χ3n) is 3.36. The number of nitrogens with zero attached hydrogens (tertiary/aromatic N) is 1. The van der Waals surface area contributed by atoms with Crippen molar-refractivity contribution in [3.05, 3.63) is 12.2 Å². The second-order valence-corrected chi connectivity index (χ2v) is 4.30. The molecular weight excluding hydrogens is 192 g/mol. The van der Waals surface area contributed by atoms with Gasteiger partial charge in [-0.1, -0.05) is 12.2 Å². The summed E-state index contributed by atoms with van der Waals surface area (Å²) in [4.78, 5) is 13.6. The van der Waals surface area contributed by atoms with Crippen LogP contribution in [0.2, 0.25) is 0 Å². The van der Waals surface area contributed by atoms with Gasteiger partial charge >= 0.3 is 0 Å². The predicted molar refractivity (Wildman–Crippen MR) is 56.4 cm³/mol. The zero-order valence-corrected chi connectivity index (χ0v) is 8.85. The van der Waals surface area contributed by atoms with Gasteiger partial charge in [-0.2, -0.15) is 0 Å². The molecular formula is C11H18N2O2. The highest BCUT2D eigenvalue weighted by Gasteiger charge is 2.34. The smallest absolute Gasteiger partial charge is 0.260 e. The summed E-state index contributed by atoms with van der Waals surface area (Å²) in [5.41, 5.74) is 1.77. The average molecular weight is 210 g/mol. The fourth-order valence-electron chi connectivity index (χ4n) is 2.61. The number of amides is 1. The molecule has 0 unspecified atom stereocenters. The molecule has 2 N–H and O–H groups in total. The molecule has 1 aliphatic carbocycles. The number of hydroxylamine groups is 1. The van der Waals surface area contributed by atoms with Gasteiger partial charge in [-0.05, 0) is 38.6 Å². The molecule has 0 aromatic carbocycles. The fraction of sp³-hybridized carbons (Fsp3) is 0.727. The Morgan fingerprint density at radius 2 is 2.27 bits per heavy atom. The molecule has 2 atom stereocenters. The molecule has 0 radical (unpaired) electrons. The lowest BCUT2D eigenvalue weighted by Gasteiger charge is -2.31. The highest BCUT2D eigenvalue weighted by atomic mass is 16.5. The number of allylic oxidation sites excluding steroid dienone is 1. The average Bonchev–Trinajstić information content (AvgIpc) is 2.78. The van der Waals surface area contributed by atoms with Gasteiger partial charge in [0, 0.05) is 6.04 Å². The maximum Gasteiger partial charge on any atom is 0.260 e. The molecule has 1 saturated heterocycles. The Morgan fingerprint density at radius 3 is 2.93 bits per heavy atom. The second kappa shape index (κ2) is 4.77. The fourth-order valence-corrected chi connectivity index (χ4v) is 2.61. The van der Waals surface area contributed by atoms with Crippen molar-refractivity contribution in [3.8, 4) is 0 Å². The molecule has 4 heteroatoms. The van der Waals surface area contributed by atoms with Crippen LogP contribution in [0.5, 0.6) is 0 Å².